The van der Waals surface area contributed by atoms with Crippen molar-refractivity contribution in [1.29, 1.82) is 0 Å². The number of hydrogen-bond acceptors (Lipinski definition) is 9. The average Bonchev–Trinajstić information content (AvgIpc) is 3.33. The van der Waals surface area contributed by atoms with Crippen LogP contribution in [0, 0.1) is 5.92 Å². The van der Waals surface area contributed by atoms with Gasteiger partial charge in [0.1, 0.15) is 30.0 Å². The number of ether oxygens (including phenoxy) is 3. The van der Waals surface area contributed by atoms with Crippen LogP contribution in [-0.2, 0) is 22.7 Å². The first-order chi connectivity index (χ1) is 32.4. The normalized spacial score (nSPS) is 17.7. The Kier molecular flexibility index (Phi) is 14.9. The molecule has 14 heteroatoms. The second-order valence-electron chi connectivity index (χ2n) is 17.4. The van der Waals surface area contributed by atoms with E-state index < -0.39 is 18.2 Å². The van der Waals surface area contributed by atoms with Gasteiger partial charge in [-0.15, -0.1) is 13.2 Å². The highest BCUT2D eigenvalue weighted by atomic mass is 19.4. The summed E-state index contributed by atoms with van der Waals surface area (Å²) < 4.78 is 56.8. The molecule has 0 spiro atoms. The Hall–Kier alpha value is -6.64. The molecule has 9 rings (SSSR count). The van der Waals surface area contributed by atoms with Crippen molar-refractivity contribution in [3.05, 3.63) is 171 Å². The molecule has 11 nitrogen and oxygen atoms in total. The van der Waals surface area contributed by atoms with Crippen LogP contribution >= 0.6 is 0 Å². The zero-order valence-corrected chi connectivity index (χ0v) is 37.0. The number of phenols is 1. The van der Waals surface area contributed by atoms with Crippen LogP contribution in [0.15, 0.2) is 132 Å². The van der Waals surface area contributed by atoms with Crippen LogP contribution in [0.3, 0.4) is 0 Å². The molecular weight excluding hydrogens is 864 g/mol. The number of rotatable bonds is 19. The molecule has 0 aliphatic carbocycles. The topological polar surface area (TPSA) is 142 Å². The quantitative estimate of drug-likeness (QED) is 0.0535. The number of phenolic OH excluding ortho intramolecular Hbond substituents is 1. The highest BCUT2D eigenvalue weighted by molar-refractivity contribution is 5.94. The van der Waals surface area contributed by atoms with Crippen molar-refractivity contribution < 1.29 is 47.2 Å². The molecule has 1 aromatic heterocycles. The summed E-state index contributed by atoms with van der Waals surface area (Å²) in [6, 6.07) is 36.1. The van der Waals surface area contributed by atoms with Crippen LogP contribution in [-0.4, -0.2) is 75.5 Å². The summed E-state index contributed by atoms with van der Waals surface area (Å²) in [5.41, 5.74) is 3.63. The third-order valence-electron chi connectivity index (χ3n) is 12.8. The number of unbranched alkanes of at least 4 members (excludes halogenated alkanes) is 2. The third kappa shape index (κ3) is 12.2. The zero-order chi connectivity index (χ0) is 46.9. The summed E-state index contributed by atoms with van der Waals surface area (Å²) in [6.45, 7) is 3.17. The van der Waals surface area contributed by atoms with Gasteiger partial charge >= 0.3 is 12.3 Å². The number of pyridine rings is 1. The molecule has 3 fully saturated rings. The van der Waals surface area contributed by atoms with Crippen LogP contribution in [0.4, 0.5) is 13.2 Å². The van der Waals surface area contributed by atoms with Gasteiger partial charge in [0, 0.05) is 48.1 Å². The first-order valence-corrected chi connectivity index (χ1v) is 22.8. The minimum absolute atomic E-state index is 0.0749. The van der Waals surface area contributed by atoms with E-state index >= 15 is 0 Å². The summed E-state index contributed by atoms with van der Waals surface area (Å²) in [4.78, 5) is 45.9. The van der Waals surface area contributed by atoms with Gasteiger partial charge in [-0.2, -0.15) is 0 Å². The van der Waals surface area contributed by atoms with E-state index in [-0.39, 0.29) is 72.4 Å². The number of piperidine rings is 3. The Morgan fingerprint density at radius 2 is 1.58 bits per heavy atom. The predicted molar refractivity (Wildman–Crippen MR) is 247 cm³/mol. The Morgan fingerprint density at radius 3 is 2.33 bits per heavy atom. The Balaban J connectivity index is 0.909. The average molecular weight is 918 g/mol. The van der Waals surface area contributed by atoms with E-state index in [1.54, 1.807) is 42.5 Å². The van der Waals surface area contributed by atoms with Crippen LogP contribution in [0.1, 0.15) is 95.1 Å². The third-order valence-corrected chi connectivity index (χ3v) is 12.8. The van der Waals surface area contributed by atoms with E-state index in [4.69, 9.17) is 9.47 Å². The number of hydrogen-bond donors (Lipinski definition) is 3. The molecule has 0 saturated carbocycles. The lowest BCUT2D eigenvalue weighted by Crippen LogP contribution is -2.52. The smallest absolute Gasteiger partial charge is 0.506 e. The number of halogens is 3. The fourth-order valence-electron chi connectivity index (χ4n) is 9.29. The summed E-state index contributed by atoms with van der Waals surface area (Å²) in [6.07, 6.45) is -1.61. The van der Waals surface area contributed by atoms with Gasteiger partial charge in [-0.05, 0) is 109 Å². The van der Waals surface area contributed by atoms with Crippen molar-refractivity contribution in [2.45, 2.75) is 82.6 Å². The highest BCUT2D eigenvalue weighted by Gasteiger charge is 2.37. The Morgan fingerprint density at radius 1 is 0.836 bits per heavy atom. The van der Waals surface area contributed by atoms with E-state index in [0.717, 1.165) is 49.2 Å². The summed E-state index contributed by atoms with van der Waals surface area (Å²) in [5.74, 6) is -0.329. The van der Waals surface area contributed by atoms with Crippen molar-refractivity contribution in [2.75, 3.05) is 26.2 Å². The molecule has 3 aliphatic heterocycles. The second kappa shape index (κ2) is 21.3. The highest BCUT2D eigenvalue weighted by Crippen LogP contribution is 2.35. The maximum absolute atomic E-state index is 14.1. The first kappa shape index (κ1) is 46.9. The van der Waals surface area contributed by atoms with E-state index in [1.807, 2.05) is 54.6 Å². The molecule has 5 aromatic carbocycles. The van der Waals surface area contributed by atoms with Crippen molar-refractivity contribution >= 4 is 22.8 Å². The molecule has 4 heterocycles. The van der Waals surface area contributed by atoms with Gasteiger partial charge in [-0.1, -0.05) is 91.7 Å². The minimum Gasteiger partial charge on any atom is -0.506 e. The lowest BCUT2D eigenvalue weighted by Gasteiger charge is -2.44. The maximum atomic E-state index is 14.1. The number of aromatic hydroxyl groups is 1. The van der Waals surface area contributed by atoms with E-state index in [1.165, 1.54) is 35.2 Å². The fourth-order valence-corrected chi connectivity index (χ4v) is 9.29. The molecule has 3 saturated heterocycles. The van der Waals surface area contributed by atoms with Gasteiger partial charge in [0.2, 0.25) is 5.56 Å². The van der Waals surface area contributed by atoms with Gasteiger partial charge in [0.25, 0.3) is 5.91 Å². The number of amides is 1. The van der Waals surface area contributed by atoms with Crippen molar-refractivity contribution in [2.24, 2.45) is 5.92 Å². The Labute approximate surface area is 386 Å². The number of nitrogens with one attached hydrogen (secondary N) is 1. The monoisotopic (exact) mass is 917 g/mol. The summed E-state index contributed by atoms with van der Waals surface area (Å²) in [5, 5.41) is 21.8. The minimum atomic E-state index is -4.92. The zero-order valence-electron chi connectivity index (χ0n) is 37.0. The maximum Gasteiger partial charge on any atom is 0.573 e. The molecule has 2 bridgehead atoms. The number of aromatic amines is 1. The van der Waals surface area contributed by atoms with Gasteiger partial charge in [0.15, 0.2) is 0 Å². The summed E-state index contributed by atoms with van der Waals surface area (Å²) in [7, 11) is 0. The molecule has 67 heavy (non-hydrogen) atoms. The molecule has 3 atom stereocenters. The number of fused-ring (bicyclic) bond motifs is 4. The molecule has 350 valence electrons. The largest absolute Gasteiger partial charge is 0.573 e. The second-order valence-corrected chi connectivity index (χ2v) is 17.4. The number of benzene rings is 5. The van der Waals surface area contributed by atoms with Crippen LogP contribution in [0.5, 0.6) is 17.2 Å². The number of H-pyrrole nitrogens is 1. The van der Waals surface area contributed by atoms with Gasteiger partial charge in [0.05, 0.1) is 18.0 Å². The Bertz CT molecular complexity index is 2690. The fraction of sp³-hybridized carbons (Fsp3) is 0.340. The number of alkyl halides is 3. The van der Waals surface area contributed by atoms with Crippen molar-refractivity contribution in [3.63, 3.8) is 0 Å². The van der Waals surface area contributed by atoms with Gasteiger partial charge in [-0.3, -0.25) is 19.3 Å². The molecule has 0 unspecified atom stereocenters. The predicted octanol–water partition coefficient (Wildman–Crippen LogP) is 9.81. The lowest BCUT2D eigenvalue weighted by atomic mass is 9.85. The summed E-state index contributed by atoms with van der Waals surface area (Å²) >= 11 is 0. The number of aliphatic hydroxyl groups is 1. The number of aliphatic hydroxyl groups excluding tert-OH is 1. The molecule has 1 amide bonds. The van der Waals surface area contributed by atoms with Crippen molar-refractivity contribution in [1.82, 2.24) is 14.8 Å². The molecule has 3 N–H and O–H groups in total. The molecule has 6 aromatic rings. The first-order valence-electron chi connectivity index (χ1n) is 22.8. The van der Waals surface area contributed by atoms with Crippen LogP contribution < -0.4 is 15.0 Å². The molecule has 0 radical (unpaired) electrons. The van der Waals surface area contributed by atoms with Crippen LogP contribution in [0.2, 0.25) is 0 Å². The standard InChI is InChI=1S/C53H54F3N3O8/c54-53(55,56)67-47-16-7-6-12-40(47)32-59(27-8-2-5-15-45(60)42-21-23-46(61)51-43(42)22-24-49(62)57-51)52(64)38-19-17-35(18-20-38)34-65-41-14-9-13-39(30-41)44(36-10-3-1-4-11-36)31-50(63)66-48-33-58-28-25-37(48)26-29-58/h1,3-4,6-7,9-14,16-24,30,37,44-45,48,60-61H,2,5,8,15,25-29,31-34H2,(H,57,62)/t44-,45-,48-/m0/s1. The van der Waals surface area contributed by atoms with Gasteiger partial charge in [-0.25, -0.2) is 0 Å². The molecule has 3 aliphatic rings. The van der Waals surface area contributed by atoms with Crippen molar-refractivity contribution in [3.8, 4) is 17.2 Å². The number of esters is 1. The number of carbonyl (C=O) groups excluding carboxylic acids is 2. The van der Waals surface area contributed by atoms with E-state index in [0.29, 0.717) is 53.9 Å². The van der Waals surface area contributed by atoms with Gasteiger partial charge < -0.3 is 34.3 Å². The van der Waals surface area contributed by atoms with E-state index in [2.05, 4.69) is 14.6 Å². The number of nitrogens with zero attached hydrogens (tertiary/aromatic N) is 2. The van der Waals surface area contributed by atoms with E-state index in [9.17, 15) is 37.8 Å². The SMILES string of the molecule is O=C(C[C@@H](c1ccccc1)c1cccc(OCc2ccc(C(=O)N(CCCCC[C@H](O)c3ccc(O)c4[nH]c(=O)ccc34)Cc3ccccc3OC(F)(F)F)cc2)c1)O[C@H]1CN2CCC1CC2. The number of carbonyl (C=O) groups is 2. The van der Waals surface area contributed by atoms with Crippen LogP contribution in [0.25, 0.3) is 10.9 Å². The molecular formula is C53H54F3N3O8. The lowest BCUT2D eigenvalue weighted by molar-refractivity contribution is -0.275. The number of para-hydroxylation sites is 1. The number of aromatic nitrogens is 1.